The summed E-state index contributed by atoms with van der Waals surface area (Å²) in [6, 6.07) is 13.1. The molecule has 2 rings (SSSR count). The highest BCUT2D eigenvalue weighted by Gasteiger charge is 2.03. The molecule has 0 spiro atoms. The van der Waals surface area contributed by atoms with Crippen molar-refractivity contribution < 1.29 is 4.79 Å². The Morgan fingerprint density at radius 2 is 1.93 bits per heavy atom. The fourth-order valence-electron chi connectivity index (χ4n) is 1.18. The highest BCUT2D eigenvalue weighted by atomic mass is 32.1. The third-order valence-corrected chi connectivity index (χ3v) is 2.74. The lowest BCUT2D eigenvalue weighted by Crippen LogP contribution is -2.20. The molecule has 0 saturated carbocycles. The Balaban J connectivity index is 1.94. The smallest absolute Gasteiger partial charge is 0.251 e. The quantitative estimate of drug-likeness (QED) is 0.839. The van der Waals surface area contributed by atoms with Crippen molar-refractivity contribution in [2.75, 3.05) is 0 Å². The van der Waals surface area contributed by atoms with Crippen molar-refractivity contribution in [3.8, 4) is 0 Å². The van der Waals surface area contributed by atoms with Gasteiger partial charge in [0.1, 0.15) is 0 Å². The standard InChI is InChI=1S/C12H10NOS/c14-12(10-5-2-1-3-6-10)13-9-11-7-4-8-15-11/h1-9H,(H,13,14). The molecule has 3 heteroatoms. The summed E-state index contributed by atoms with van der Waals surface area (Å²) in [4.78, 5) is 12.6. The van der Waals surface area contributed by atoms with Gasteiger partial charge in [-0.3, -0.25) is 4.79 Å². The molecule has 0 unspecified atom stereocenters. The predicted octanol–water partition coefficient (Wildman–Crippen LogP) is 2.69. The molecule has 1 aromatic carbocycles. The number of thiophene rings is 1. The maximum Gasteiger partial charge on any atom is 0.251 e. The van der Waals surface area contributed by atoms with Crippen molar-refractivity contribution in [2.45, 2.75) is 0 Å². The molecule has 0 aliphatic carbocycles. The molecule has 0 atom stereocenters. The molecule has 1 N–H and O–H groups in total. The molecule has 1 heterocycles. The van der Waals surface area contributed by atoms with Crippen molar-refractivity contribution in [3.05, 3.63) is 64.8 Å². The summed E-state index contributed by atoms with van der Waals surface area (Å²) >= 11 is 1.59. The van der Waals surface area contributed by atoms with Gasteiger partial charge in [0.15, 0.2) is 0 Å². The fourth-order valence-corrected chi connectivity index (χ4v) is 1.78. The normalized spacial score (nSPS) is 9.87. The van der Waals surface area contributed by atoms with Crippen LogP contribution in [-0.2, 0) is 0 Å². The molecule has 2 aromatic rings. The number of hydrogen-bond acceptors (Lipinski definition) is 2. The van der Waals surface area contributed by atoms with Gasteiger partial charge in [0.2, 0.25) is 0 Å². The monoisotopic (exact) mass is 216 g/mol. The molecule has 1 amide bonds. The third-order valence-electron chi connectivity index (χ3n) is 1.92. The molecule has 0 fully saturated rings. The zero-order valence-corrected chi connectivity index (χ0v) is 8.83. The minimum atomic E-state index is -0.0796. The summed E-state index contributed by atoms with van der Waals surface area (Å²) in [6.07, 6.45) is 0. The van der Waals surface area contributed by atoms with Gasteiger partial charge in [0, 0.05) is 10.4 Å². The van der Waals surface area contributed by atoms with Gasteiger partial charge in [-0.1, -0.05) is 24.3 Å². The van der Waals surface area contributed by atoms with Crippen molar-refractivity contribution in [2.24, 2.45) is 0 Å². The lowest BCUT2D eigenvalue weighted by Gasteiger charge is -2.02. The van der Waals surface area contributed by atoms with Crippen LogP contribution in [0.2, 0.25) is 0 Å². The lowest BCUT2D eigenvalue weighted by atomic mass is 10.2. The number of hydrogen-bond donors (Lipinski definition) is 1. The molecule has 0 aliphatic rings. The van der Waals surface area contributed by atoms with E-state index < -0.39 is 0 Å². The van der Waals surface area contributed by atoms with Gasteiger partial charge in [-0.2, -0.15) is 0 Å². The summed E-state index contributed by atoms with van der Waals surface area (Å²) in [6.45, 7) is 1.72. The summed E-state index contributed by atoms with van der Waals surface area (Å²) in [5.41, 5.74) is 0.672. The minimum Gasteiger partial charge on any atom is -0.342 e. The molecule has 2 nitrogen and oxygen atoms in total. The summed E-state index contributed by atoms with van der Waals surface area (Å²) in [5.74, 6) is -0.0796. The molecular weight excluding hydrogens is 206 g/mol. The van der Waals surface area contributed by atoms with Gasteiger partial charge in [-0.15, -0.1) is 11.3 Å². The highest BCUT2D eigenvalue weighted by Crippen LogP contribution is 2.09. The van der Waals surface area contributed by atoms with E-state index in [2.05, 4.69) is 5.32 Å². The van der Waals surface area contributed by atoms with Crippen LogP contribution < -0.4 is 5.32 Å². The van der Waals surface area contributed by atoms with E-state index in [1.807, 2.05) is 35.7 Å². The molecular formula is C12H10NOS. The van der Waals surface area contributed by atoms with Crippen LogP contribution in [0.25, 0.3) is 0 Å². The number of carbonyl (C=O) groups excluding carboxylic acids is 1. The van der Waals surface area contributed by atoms with E-state index in [0.717, 1.165) is 4.88 Å². The zero-order valence-electron chi connectivity index (χ0n) is 8.01. The first kappa shape index (κ1) is 9.93. The van der Waals surface area contributed by atoms with Crippen molar-refractivity contribution in [1.29, 1.82) is 0 Å². The van der Waals surface area contributed by atoms with Gasteiger partial charge < -0.3 is 5.32 Å². The van der Waals surface area contributed by atoms with Crippen LogP contribution in [0.15, 0.2) is 47.8 Å². The maximum absolute atomic E-state index is 11.6. The summed E-state index contributed by atoms with van der Waals surface area (Å²) in [5, 5.41) is 4.72. The van der Waals surface area contributed by atoms with Crippen molar-refractivity contribution in [1.82, 2.24) is 5.32 Å². The predicted molar refractivity (Wildman–Crippen MR) is 61.6 cm³/mol. The topological polar surface area (TPSA) is 29.1 Å². The number of rotatable bonds is 3. The van der Waals surface area contributed by atoms with Crippen LogP contribution >= 0.6 is 11.3 Å². The first-order chi connectivity index (χ1) is 7.36. The van der Waals surface area contributed by atoms with Crippen LogP contribution in [0.5, 0.6) is 0 Å². The lowest BCUT2D eigenvalue weighted by molar-refractivity contribution is 0.0965. The fraction of sp³-hybridized carbons (Fsp3) is 0. The minimum absolute atomic E-state index is 0.0796. The maximum atomic E-state index is 11.6. The summed E-state index contributed by atoms with van der Waals surface area (Å²) in [7, 11) is 0. The molecule has 75 valence electrons. The van der Waals surface area contributed by atoms with E-state index >= 15 is 0 Å². The first-order valence-electron chi connectivity index (χ1n) is 4.59. The Morgan fingerprint density at radius 3 is 2.60 bits per heavy atom. The Morgan fingerprint density at radius 1 is 1.13 bits per heavy atom. The van der Waals surface area contributed by atoms with Crippen molar-refractivity contribution in [3.63, 3.8) is 0 Å². The van der Waals surface area contributed by atoms with Gasteiger partial charge in [-0.05, 0) is 23.6 Å². The van der Waals surface area contributed by atoms with E-state index in [1.54, 1.807) is 30.0 Å². The van der Waals surface area contributed by atoms with Crippen LogP contribution in [0.3, 0.4) is 0 Å². The third kappa shape index (κ3) is 2.67. The highest BCUT2D eigenvalue weighted by molar-refractivity contribution is 7.10. The Bertz CT molecular complexity index is 422. The average molecular weight is 216 g/mol. The number of nitrogens with one attached hydrogen (secondary N) is 1. The van der Waals surface area contributed by atoms with E-state index in [9.17, 15) is 4.79 Å². The molecule has 0 aliphatic heterocycles. The second-order valence-corrected chi connectivity index (χ2v) is 3.98. The second kappa shape index (κ2) is 4.75. The van der Waals surface area contributed by atoms with Gasteiger partial charge >= 0.3 is 0 Å². The van der Waals surface area contributed by atoms with Crippen LogP contribution in [0.1, 0.15) is 15.2 Å². The van der Waals surface area contributed by atoms with E-state index in [4.69, 9.17) is 0 Å². The number of amides is 1. The van der Waals surface area contributed by atoms with Gasteiger partial charge in [-0.25, -0.2) is 0 Å². The van der Waals surface area contributed by atoms with Crippen LogP contribution in [0, 0.1) is 6.54 Å². The zero-order chi connectivity index (χ0) is 10.5. The van der Waals surface area contributed by atoms with Gasteiger partial charge in [0.05, 0.1) is 6.54 Å². The Labute approximate surface area is 92.6 Å². The van der Waals surface area contributed by atoms with Crippen molar-refractivity contribution >= 4 is 17.2 Å². The summed E-state index contributed by atoms with van der Waals surface area (Å²) < 4.78 is 0. The average Bonchev–Trinajstić information content (AvgIpc) is 2.80. The van der Waals surface area contributed by atoms with E-state index in [1.165, 1.54) is 0 Å². The Kier molecular flexibility index (Phi) is 3.15. The number of carbonyl (C=O) groups is 1. The SMILES string of the molecule is O=C(N[CH]c1cccs1)c1ccccc1. The van der Waals surface area contributed by atoms with E-state index in [-0.39, 0.29) is 5.91 Å². The van der Waals surface area contributed by atoms with Crippen LogP contribution in [-0.4, -0.2) is 5.91 Å². The van der Waals surface area contributed by atoms with Gasteiger partial charge in [0.25, 0.3) is 5.91 Å². The second-order valence-electron chi connectivity index (χ2n) is 3.00. The molecule has 0 saturated heterocycles. The molecule has 1 radical (unpaired) electrons. The number of benzene rings is 1. The van der Waals surface area contributed by atoms with Crippen LogP contribution in [0.4, 0.5) is 0 Å². The first-order valence-corrected chi connectivity index (χ1v) is 5.47. The largest absolute Gasteiger partial charge is 0.342 e. The molecule has 15 heavy (non-hydrogen) atoms. The molecule has 1 aromatic heterocycles. The van der Waals surface area contributed by atoms with E-state index in [0.29, 0.717) is 5.56 Å². The Hall–Kier alpha value is -1.61. The molecule has 0 bridgehead atoms.